The number of carboxylic acid groups (broad SMARTS) is 1. The molecule has 2 rings (SSSR count). The summed E-state index contributed by atoms with van der Waals surface area (Å²) in [7, 11) is 1.61. The molecule has 1 atom stereocenters. The fraction of sp³-hybridized carbons (Fsp3) is 0.300. The largest absolute Gasteiger partial charge is 0.489 e. The molecule has 26 heavy (non-hydrogen) atoms. The number of ether oxygens (including phenoxy) is 1. The first-order chi connectivity index (χ1) is 12.4. The number of nitrogens with zero attached hydrogens (tertiary/aromatic N) is 1. The number of rotatable bonds is 8. The number of aliphatic carboxylic acids is 1. The summed E-state index contributed by atoms with van der Waals surface area (Å²) in [6, 6.07) is 14.8. The van der Waals surface area contributed by atoms with E-state index in [1.165, 1.54) is 4.90 Å². The van der Waals surface area contributed by atoms with Crippen LogP contribution in [-0.4, -0.2) is 35.5 Å². The van der Waals surface area contributed by atoms with Crippen LogP contribution in [0, 0.1) is 5.92 Å². The van der Waals surface area contributed by atoms with E-state index in [1.807, 2.05) is 48.5 Å². The number of halogens is 1. The van der Waals surface area contributed by atoms with Crippen LogP contribution in [0.2, 0.25) is 5.02 Å². The number of carboxylic acids is 1. The molecule has 0 bridgehead atoms. The van der Waals surface area contributed by atoms with Gasteiger partial charge in [0.25, 0.3) is 0 Å². The summed E-state index contributed by atoms with van der Waals surface area (Å²) >= 11 is 6.12. The molecule has 0 aliphatic carbocycles. The molecule has 0 radical (unpaired) electrons. The summed E-state index contributed by atoms with van der Waals surface area (Å²) in [5.74, 6) is -1.01. The van der Waals surface area contributed by atoms with Gasteiger partial charge < -0.3 is 14.7 Å². The second-order valence-electron chi connectivity index (χ2n) is 6.22. The normalized spacial score (nSPS) is 11.7. The van der Waals surface area contributed by atoms with E-state index in [4.69, 9.17) is 21.4 Å². The summed E-state index contributed by atoms with van der Waals surface area (Å²) in [5, 5.41) is 9.59. The highest BCUT2D eigenvalue weighted by atomic mass is 35.5. The van der Waals surface area contributed by atoms with E-state index in [1.54, 1.807) is 14.0 Å². The number of amides is 1. The van der Waals surface area contributed by atoms with E-state index in [0.29, 0.717) is 17.4 Å². The highest BCUT2D eigenvalue weighted by Crippen LogP contribution is 2.20. The van der Waals surface area contributed by atoms with Gasteiger partial charge in [0.2, 0.25) is 5.91 Å². The SMILES string of the molecule is CC(CN(C)C(=O)Cc1cccc(OCc2ccccc2Cl)c1)C(=O)O. The predicted octanol–water partition coefficient (Wildman–Crippen LogP) is 3.64. The molecule has 2 aromatic carbocycles. The lowest BCUT2D eigenvalue weighted by Gasteiger charge is -2.19. The van der Waals surface area contributed by atoms with Gasteiger partial charge in [0, 0.05) is 24.2 Å². The van der Waals surface area contributed by atoms with Gasteiger partial charge in [-0.25, -0.2) is 0 Å². The summed E-state index contributed by atoms with van der Waals surface area (Å²) in [5.41, 5.74) is 1.69. The van der Waals surface area contributed by atoms with Crippen molar-refractivity contribution in [2.24, 2.45) is 5.92 Å². The predicted molar refractivity (Wildman–Crippen MR) is 100 cm³/mol. The van der Waals surface area contributed by atoms with Crippen molar-refractivity contribution < 1.29 is 19.4 Å². The van der Waals surface area contributed by atoms with E-state index < -0.39 is 11.9 Å². The fourth-order valence-corrected chi connectivity index (χ4v) is 2.61. The minimum absolute atomic E-state index is 0.138. The number of carbonyl (C=O) groups excluding carboxylic acids is 1. The lowest BCUT2D eigenvalue weighted by Crippen LogP contribution is -2.34. The van der Waals surface area contributed by atoms with Crippen LogP contribution >= 0.6 is 11.6 Å². The van der Waals surface area contributed by atoms with Crippen molar-refractivity contribution in [2.45, 2.75) is 20.0 Å². The molecule has 1 N–H and O–H groups in total. The molecule has 1 unspecified atom stereocenters. The van der Waals surface area contributed by atoms with Crippen LogP contribution in [0.3, 0.4) is 0 Å². The van der Waals surface area contributed by atoms with Crippen LogP contribution in [0.4, 0.5) is 0 Å². The van der Waals surface area contributed by atoms with Crippen LogP contribution in [0.5, 0.6) is 5.75 Å². The lowest BCUT2D eigenvalue weighted by atomic mass is 10.1. The van der Waals surface area contributed by atoms with E-state index in [2.05, 4.69) is 0 Å². The van der Waals surface area contributed by atoms with E-state index in [0.717, 1.165) is 11.1 Å². The maximum atomic E-state index is 12.3. The van der Waals surface area contributed by atoms with Crippen molar-refractivity contribution in [1.82, 2.24) is 4.90 Å². The van der Waals surface area contributed by atoms with Crippen molar-refractivity contribution in [2.75, 3.05) is 13.6 Å². The molecule has 0 fully saturated rings. The van der Waals surface area contributed by atoms with Crippen LogP contribution in [-0.2, 0) is 22.6 Å². The molecular formula is C20H22ClNO4. The number of carbonyl (C=O) groups is 2. The minimum Gasteiger partial charge on any atom is -0.489 e. The molecule has 2 aromatic rings. The number of likely N-dealkylation sites (N-methyl/N-ethyl adjacent to an activating group) is 1. The van der Waals surface area contributed by atoms with Gasteiger partial charge in [-0.2, -0.15) is 0 Å². The molecule has 0 saturated carbocycles. The highest BCUT2D eigenvalue weighted by Gasteiger charge is 2.17. The average molecular weight is 376 g/mol. The molecule has 0 aliphatic heterocycles. The van der Waals surface area contributed by atoms with Gasteiger partial charge in [-0.05, 0) is 23.8 Å². The van der Waals surface area contributed by atoms with Gasteiger partial charge in [-0.15, -0.1) is 0 Å². The Labute approximate surface area is 158 Å². The van der Waals surface area contributed by atoms with Crippen molar-refractivity contribution in [3.8, 4) is 5.75 Å². The lowest BCUT2D eigenvalue weighted by molar-refractivity contribution is -0.142. The fourth-order valence-electron chi connectivity index (χ4n) is 2.42. The van der Waals surface area contributed by atoms with Crippen molar-refractivity contribution in [3.63, 3.8) is 0 Å². The van der Waals surface area contributed by atoms with Crippen molar-refractivity contribution in [3.05, 3.63) is 64.7 Å². The van der Waals surface area contributed by atoms with E-state index in [9.17, 15) is 9.59 Å². The Morgan fingerprint density at radius 3 is 2.62 bits per heavy atom. The molecule has 6 heteroatoms. The van der Waals surface area contributed by atoms with Gasteiger partial charge in [-0.1, -0.05) is 48.9 Å². The van der Waals surface area contributed by atoms with Gasteiger partial charge >= 0.3 is 5.97 Å². The summed E-state index contributed by atoms with van der Waals surface area (Å²) < 4.78 is 5.76. The van der Waals surface area contributed by atoms with Gasteiger partial charge in [0.1, 0.15) is 12.4 Å². The topological polar surface area (TPSA) is 66.8 Å². The molecule has 138 valence electrons. The number of hydrogen-bond donors (Lipinski definition) is 1. The van der Waals surface area contributed by atoms with Gasteiger partial charge in [0.05, 0.1) is 12.3 Å². The second kappa shape index (κ2) is 9.25. The van der Waals surface area contributed by atoms with Crippen molar-refractivity contribution >= 4 is 23.5 Å². The van der Waals surface area contributed by atoms with Gasteiger partial charge in [-0.3, -0.25) is 9.59 Å². The quantitative estimate of drug-likeness (QED) is 0.764. The number of hydrogen-bond acceptors (Lipinski definition) is 3. The molecule has 0 aliphatic rings. The summed E-state index contributed by atoms with van der Waals surface area (Å²) in [6.07, 6.45) is 0.187. The van der Waals surface area contributed by atoms with E-state index >= 15 is 0 Å². The third-order valence-electron chi connectivity index (χ3n) is 4.00. The highest BCUT2D eigenvalue weighted by molar-refractivity contribution is 6.31. The Morgan fingerprint density at radius 1 is 1.19 bits per heavy atom. The monoisotopic (exact) mass is 375 g/mol. The summed E-state index contributed by atoms with van der Waals surface area (Å²) in [4.78, 5) is 24.6. The standard InChI is InChI=1S/C20H22ClNO4/c1-14(20(24)25)12-22(2)19(23)11-15-6-5-8-17(10-15)26-13-16-7-3-4-9-18(16)21/h3-10,14H,11-13H2,1-2H3,(H,24,25). The molecule has 5 nitrogen and oxygen atoms in total. The maximum Gasteiger partial charge on any atom is 0.308 e. The molecule has 1 amide bonds. The first-order valence-electron chi connectivity index (χ1n) is 8.28. The molecule has 0 aromatic heterocycles. The van der Waals surface area contributed by atoms with Crippen LogP contribution in [0.1, 0.15) is 18.1 Å². The Morgan fingerprint density at radius 2 is 1.92 bits per heavy atom. The average Bonchev–Trinajstić information content (AvgIpc) is 2.61. The number of benzene rings is 2. The smallest absolute Gasteiger partial charge is 0.308 e. The zero-order valence-corrected chi connectivity index (χ0v) is 15.6. The Kier molecular flexibility index (Phi) is 7.04. The third-order valence-corrected chi connectivity index (χ3v) is 4.37. The molecular weight excluding hydrogens is 354 g/mol. The maximum absolute atomic E-state index is 12.3. The second-order valence-corrected chi connectivity index (χ2v) is 6.63. The Bertz CT molecular complexity index is 778. The van der Waals surface area contributed by atoms with Crippen LogP contribution in [0.15, 0.2) is 48.5 Å². The first kappa shape index (κ1) is 19.8. The van der Waals surface area contributed by atoms with Crippen LogP contribution < -0.4 is 4.74 Å². The van der Waals surface area contributed by atoms with E-state index in [-0.39, 0.29) is 18.9 Å². The molecule has 0 saturated heterocycles. The van der Waals surface area contributed by atoms with Crippen LogP contribution in [0.25, 0.3) is 0 Å². The first-order valence-corrected chi connectivity index (χ1v) is 8.66. The van der Waals surface area contributed by atoms with Crippen molar-refractivity contribution in [1.29, 1.82) is 0 Å². The minimum atomic E-state index is -0.917. The Balaban J connectivity index is 1.95. The third kappa shape index (κ3) is 5.77. The zero-order chi connectivity index (χ0) is 19.1. The Hall–Kier alpha value is -2.53. The van der Waals surface area contributed by atoms with Gasteiger partial charge in [0.15, 0.2) is 0 Å². The molecule has 0 spiro atoms. The zero-order valence-electron chi connectivity index (χ0n) is 14.8. The summed E-state index contributed by atoms with van der Waals surface area (Å²) in [6.45, 7) is 2.10. The molecule has 0 heterocycles.